The van der Waals surface area contributed by atoms with Crippen LogP contribution in [0, 0.1) is 0 Å². The summed E-state index contributed by atoms with van der Waals surface area (Å²) in [5.41, 5.74) is 5.16. The lowest BCUT2D eigenvalue weighted by Crippen LogP contribution is -2.14. The van der Waals surface area contributed by atoms with Crippen LogP contribution in [0.5, 0.6) is 5.75 Å². The Morgan fingerprint density at radius 2 is 2.04 bits per heavy atom. The fourth-order valence-electron chi connectivity index (χ4n) is 2.40. The number of pyridine rings is 1. The maximum absolute atomic E-state index is 12.9. The van der Waals surface area contributed by atoms with Gasteiger partial charge in [-0.1, -0.05) is 12.1 Å². The summed E-state index contributed by atoms with van der Waals surface area (Å²) in [6.45, 7) is 0. The molecule has 0 saturated heterocycles. The number of nitrogens with zero attached hydrogens (tertiary/aromatic N) is 3. The van der Waals surface area contributed by atoms with Crippen molar-refractivity contribution in [3.8, 4) is 17.0 Å². The molecule has 24 heavy (non-hydrogen) atoms. The van der Waals surface area contributed by atoms with Gasteiger partial charge in [0.15, 0.2) is 11.4 Å². The van der Waals surface area contributed by atoms with Gasteiger partial charge in [-0.25, -0.2) is 9.50 Å². The molecule has 0 unspecified atom stereocenters. The van der Waals surface area contributed by atoms with Crippen LogP contribution in [0.2, 0.25) is 0 Å². The van der Waals surface area contributed by atoms with Crippen molar-refractivity contribution in [3.63, 3.8) is 0 Å². The molecule has 0 aliphatic carbocycles. The molecular formula is C15H11F3N4O2. The first-order valence-corrected chi connectivity index (χ1v) is 6.71. The number of hydrogen-bond acceptors (Lipinski definition) is 4. The van der Waals surface area contributed by atoms with Gasteiger partial charge < -0.3 is 10.5 Å². The number of alkyl halides is 3. The number of fused-ring (bicyclic) bond motifs is 1. The molecule has 0 radical (unpaired) electrons. The summed E-state index contributed by atoms with van der Waals surface area (Å²) in [5, 5.41) is 3.99. The number of aromatic nitrogens is 3. The van der Waals surface area contributed by atoms with Crippen molar-refractivity contribution in [2.24, 2.45) is 5.73 Å². The number of carbonyl (C=O) groups excluding carboxylic acids is 1. The van der Waals surface area contributed by atoms with Crippen LogP contribution in [-0.2, 0) is 6.18 Å². The van der Waals surface area contributed by atoms with E-state index in [0.29, 0.717) is 0 Å². The van der Waals surface area contributed by atoms with Gasteiger partial charge in [0, 0.05) is 5.56 Å². The van der Waals surface area contributed by atoms with Crippen molar-refractivity contribution in [1.82, 2.24) is 14.6 Å². The number of primary amides is 1. The van der Waals surface area contributed by atoms with Crippen molar-refractivity contribution < 1.29 is 22.7 Å². The lowest BCUT2D eigenvalue weighted by Gasteiger charge is -2.13. The fourth-order valence-corrected chi connectivity index (χ4v) is 2.40. The summed E-state index contributed by atoms with van der Waals surface area (Å²) in [4.78, 5) is 15.6. The predicted octanol–water partition coefficient (Wildman–Crippen LogP) is 2.52. The van der Waals surface area contributed by atoms with Gasteiger partial charge in [-0.3, -0.25) is 4.79 Å². The predicted molar refractivity (Wildman–Crippen MR) is 78.5 cm³/mol. The average molecular weight is 336 g/mol. The highest BCUT2D eigenvalue weighted by Gasteiger charge is 2.31. The molecule has 2 aromatic heterocycles. The van der Waals surface area contributed by atoms with E-state index in [4.69, 9.17) is 10.5 Å². The molecule has 9 heteroatoms. The Balaban J connectivity index is 2.31. The molecule has 0 spiro atoms. The van der Waals surface area contributed by atoms with Crippen LogP contribution >= 0.6 is 0 Å². The van der Waals surface area contributed by atoms with Gasteiger partial charge in [0.2, 0.25) is 0 Å². The summed E-state index contributed by atoms with van der Waals surface area (Å²) >= 11 is 0. The van der Waals surface area contributed by atoms with Crippen molar-refractivity contribution in [2.75, 3.05) is 7.11 Å². The molecule has 0 atom stereocenters. The van der Waals surface area contributed by atoms with Crippen molar-refractivity contribution in [2.45, 2.75) is 6.18 Å². The van der Waals surface area contributed by atoms with Gasteiger partial charge in [0.05, 0.1) is 23.9 Å². The molecule has 2 N–H and O–H groups in total. The third kappa shape index (κ3) is 2.53. The van der Waals surface area contributed by atoms with E-state index >= 15 is 0 Å². The molecule has 0 aliphatic heterocycles. The highest BCUT2D eigenvalue weighted by Crippen LogP contribution is 2.34. The molecule has 0 saturated carbocycles. The normalized spacial score (nSPS) is 11.7. The second kappa shape index (κ2) is 5.52. The van der Waals surface area contributed by atoms with Crippen molar-refractivity contribution in [3.05, 3.63) is 47.8 Å². The first-order valence-electron chi connectivity index (χ1n) is 6.71. The van der Waals surface area contributed by atoms with E-state index in [2.05, 4.69) is 10.1 Å². The second-order valence-corrected chi connectivity index (χ2v) is 4.91. The molecule has 3 aromatic rings. The van der Waals surface area contributed by atoms with Crippen LogP contribution in [0.1, 0.15) is 15.9 Å². The number of ether oxygens (including phenoxy) is 1. The van der Waals surface area contributed by atoms with Crippen LogP contribution in [0.25, 0.3) is 16.9 Å². The molecule has 3 rings (SSSR count). The first kappa shape index (κ1) is 15.8. The van der Waals surface area contributed by atoms with Gasteiger partial charge in [-0.15, -0.1) is 0 Å². The zero-order valence-corrected chi connectivity index (χ0v) is 12.3. The highest BCUT2D eigenvalue weighted by atomic mass is 19.4. The molecule has 1 aromatic carbocycles. The Morgan fingerprint density at radius 1 is 1.29 bits per heavy atom. The zero-order chi connectivity index (χ0) is 17.5. The smallest absolute Gasteiger partial charge is 0.416 e. The molecule has 0 bridgehead atoms. The van der Waals surface area contributed by atoms with E-state index in [1.165, 1.54) is 36.2 Å². The van der Waals surface area contributed by atoms with Crippen LogP contribution in [0.4, 0.5) is 13.2 Å². The molecule has 0 aliphatic rings. The van der Waals surface area contributed by atoms with Gasteiger partial charge in [-0.05, 0) is 18.2 Å². The average Bonchev–Trinajstić information content (AvgIpc) is 3.01. The van der Waals surface area contributed by atoms with Gasteiger partial charge in [-0.2, -0.15) is 18.3 Å². The third-order valence-corrected chi connectivity index (χ3v) is 3.46. The SMILES string of the molecule is COc1c(C(N)=O)cc(-c2cccc(C(F)(F)F)c2)n2ncnc12. The number of rotatable bonds is 3. The Morgan fingerprint density at radius 3 is 2.67 bits per heavy atom. The minimum atomic E-state index is -4.49. The van der Waals surface area contributed by atoms with E-state index in [1.807, 2.05) is 0 Å². The highest BCUT2D eigenvalue weighted by molar-refractivity contribution is 5.99. The Labute approximate surface area is 133 Å². The quantitative estimate of drug-likeness (QED) is 0.797. The number of hydrogen-bond donors (Lipinski definition) is 1. The molecule has 2 heterocycles. The number of halogens is 3. The summed E-state index contributed by atoms with van der Waals surface area (Å²) in [5.74, 6) is -0.679. The number of nitrogens with two attached hydrogens (primary N) is 1. The van der Waals surface area contributed by atoms with Crippen molar-refractivity contribution >= 4 is 11.6 Å². The van der Waals surface area contributed by atoms with Gasteiger partial charge in [0.1, 0.15) is 6.33 Å². The molecule has 6 nitrogen and oxygen atoms in total. The molecule has 1 amide bonds. The lowest BCUT2D eigenvalue weighted by atomic mass is 10.0. The largest absolute Gasteiger partial charge is 0.492 e. The van der Waals surface area contributed by atoms with E-state index < -0.39 is 17.6 Å². The number of methoxy groups -OCH3 is 1. The Kier molecular flexibility index (Phi) is 3.63. The van der Waals surface area contributed by atoms with Crippen LogP contribution in [0.3, 0.4) is 0 Å². The molecule has 124 valence electrons. The number of amides is 1. The zero-order valence-electron chi connectivity index (χ0n) is 12.3. The lowest BCUT2D eigenvalue weighted by molar-refractivity contribution is -0.137. The van der Waals surface area contributed by atoms with Crippen LogP contribution in [0.15, 0.2) is 36.7 Å². The number of carbonyl (C=O) groups is 1. The van der Waals surface area contributed by atoms with E-state index in [1.54, 1.807) is 0 Å². The summed E-state index contributed by atoms with van der Waals surface area (Å²) < 4.78 is 45.2. The third-order valence-electron chi connectivity index (χ3n) is 3.46. The van der Waals surface area contributed by atoms with Crippen LogP contribution in [-0.4, -0.2) is 27.6 Å². The summed E-state index contributed by atoms with van der Waals surface area (Å²) in [6.07, 6.45) is -3.28. The van der Waals surface area contributed by atoms with E-state index in [9.17, 15) is 18.0 Å². The molecule has 0 fully saturated rings. The maximum atomic E-state index is 12.9. The Bertz CT molecular complexity index is 934. The van der Waals surface area contributed by atoms with Gasteiger partial charge >= 0.3 is 6.18 Å². The topological polar surface area (TPSA) is 82.5 Å². The second-order valence-electron chi connectivity index (χ2n) is 4.91. The number of benzene rings is 1. The van der Waals surface area contributed by atoms with Crippen LogP contribution < -0.4 is 10.5 Å². The monoisotopic (exact) mass is 336 g/mol. The Hall–Kier alpha value is -3.10. The summed E-state index contributed by atoms with van der Waals surface area (Å²) in [6, 6.07) is 6.00. The van der Waals surface area contributed by atoms with E-state index in [-0.39, 0.29) is 28.2 Å². The minimum Gasteiger partial charge on any atom is -0.492 e. The first-order chi connectivity index (χ1) is 11.3. The summed E-state index contributed by atoms with van der Waals surface area (Å²) in [7, 11) is 1.33. The minimum absolute atomic E-state index is 0.00501. The van der Waals surface area contributed by atoms with Gasteiger partial charge in [0.25, 0.3) is 5.91 Å². The van der Waals surface area contributed by atoms with E-state index in [0.717, 1.165) is 12.1 Å². The van der Waals surface area contributed by atoms with Crippen molar-refractivity contribution in [1.29, 1.82) is 0 Å². The maximum Gasteiger partial charge on any atom is 0.416 e. The molecular weight excluding hydrogens is 325 g/mol. The fraction of sp³-hybridized carbons (Fsp3) is 0.133. The standard InChI is InChI=1S/C15H11F3N4O2/c1-24-12-10(13(19)23)6-11(22-14(12)20-7-21-22)8-3-2-4-9(5-8)15(16,17)18/h2-7H,1H3,(H2,19,23).